The van der Waals surface area contributed by atoms with Crippen molar-refractivity contribution >= 4 is 12.6 Å². The fourth-order valence-corrected chi connectivity index (χ4v) is 1.66. The first-order valence-corrected chi connectivity index (χ1v) is 5.01. The van der Waals surface area contributed by atoms with Gasteiger partial charge in [0.1, 0.15) is 0 Å². The van der Waals surface area contributed by atoms with Crippen LogP contribution in [0.5, 0.6) is 0 Å². The first-order chi connectivity index (χ1) is 6.84. The van der Waals surface area contributed by atoms with E-state index in [4.69, 9.17) is 0 Å². The second-order valence-electron chi connectivity index (χ2n) is 3.22. The number of hydrogen-bond donors (Lipinski definition) is 1. The lowest BCUT2D eigenvalue weighted by molar-refractivity contribution is -0.688. The van der Waals surface area contributed by atoms with Crippen molar-refractivity contribution in [1.82, 2.24) is 0 Å². The SMILES string of the molecule is Sc1cccc(C[n+]2ccccc2)c1. The summed E-state index contributed by atoms with van der Waals surface area (Å²) in [6.45, 7) is 0.898. The smallest absolute Gasteiger partial charge is 0.173 e. The lowest BCUT2D eigenvalue weighted by Crippen LogP contribution is -2.32. The monoisotopic (exact) mass is 202 g/mol. The topological polar surface area (TPSA) is 3.88 Å². The summed E-state index contributed by atoms with van der Waals surface area (Å²) < 4.78 is 2.14. The molecule has 1 heterocycles. The normalized spacial score (nSPS) is 10.1. The Bertz CT molecular complexity index is 412. The Morgan fingerprint density at radius 3 is 2.50 bits per heavy atom. The van der Waals surface area contributed by atoms with E-state index in [9.17, 15) is 0 Å². The Morgan fingerprint density at radius 1 is 1.00 bits per heavy atom. The van der Waals surface area contributed by atoms with Crippen LogP contribution in [-0.2, 0) is 6.54 Å². The predicted molar refractivity (Wildman–Crippen MR) is 59.4 cm³/mol. The van der Waals surface area contributed by atoms with E-state index in [-0.39, 0.29) is 0 Å². The van der Waals surface area contributed by atoms with Crippen molar-refractivity contribution in [2.75, 3.05) is 0 Å². The quantitative estimate of drug-likeness (QED) is 0.563. The minimum Gasteiger partial charge on any atom is -0.201 e. The minimum atomic E-state index is 0.898. The summed E-state index contributed by atoms with van der Waals surface area (Å²) in [5.41, 5.74) is 1.27. The Kier molecular flexibility index (Phi) is 2.84. The summed E-state index contributed by atoms with van der Waals surface area (Å²) in [6, 6.07) is 14.3. The second-order valence-corrected chi connectivity index (χ2v) is 3.73. The van der Waals surface area contributed by atoms with E-state index in [1.807, 2.05) is 30.3 Å². The number of thiol groups is 1. The van der Waals surface area contributed by atoms with Crippen LogP contribution in [0.1, 0.15) is 5.56 Å². The van der Waals surface area contributed by atoms with Crippen LogP contribution in [-0.4, -0.2) is 0 Å². The maximum atomic E-state index is 4.31. The van der Waals surface area contributed by atoms with Crippen molar-refractivity contribution in [2.24, 2.45) is 0 Å². The van der Waals surface area contributed by atoms with E-state index in [1.165, 1.54) is 5.56 Å². The summed E-state index contributed by atoms with van der Waals surface area (Å²) in [4.78, 5) is 1.01. The molecule has 0 atom stereocenters. The minimum absolute atomic E-state index is 0.898. The van der Waals surface area contributed by atoms with Crippen molar-refractivity contribution in [3.8, 4) is 0 Å². The molecule has 0 N–H and O–H groups in total. The standard InChI is InChI=1S/C12H11NS/c14-12-6-4-5-11(9-12)10-13-7-2-1-3-8-13/h1-9H,10H2/p+1. The van der Waals surface area contributed by atoms with Crippen molar-refractivity contribution in [3.05, 3.63) is 60.4 Å². The van der Waals surface area contributed by atoms with E-state index in [2.05, 4.69) is 41.7 Å². The van der Waals surface area contributed by atoms with E-state index in [1.54, 1.807) is 0 Å². The van der Waals surface area contributed by atoms with Crippen molar-refractivity contribution in [2.45, 2.75) is 11.4 Å². The highest BCUT2D eigenvalue weighted by Gasteiger charge is 2.00. The van der Waals surface area contributed by atoms with E-state index in [0.29, 0.717) is 0 Å². The molecule has 1 aromatic heterocycles. The van der Waals surface area contributed by atoms with Crippen LogP contribution in [0.2, 0.25) is 0 Å². The van der Waals surface area contributed by atoms with Gasteiger partial charge in [0.05, 0.1) is 0 Å². The molecule has 0 aliphatic carbocycles. The molecule has 2 heteroatoms. The van der Waals surface area contributed by atoms with E-state index < -0.39 is 0 Å². The van der Waals surface area contributed by atoms with Gasteiger partial charge >= 0.3 is 0 Å². The van der Waals surface area contributed by atoms with Gasteiger partial charge < -0.3 is 0 Å². The van der Waals surface area contributed by atoms with Gasteiger partial charge in [0.25, 0.3) is 0 Å². The van der Waals surface area contributed by atoms with Gasteiger partial charge in [-0.3, -0.25) is 0 Å². The highest BCUT2D eigenvalue weighted by molar-refractivity contribution is 7.80. The molecule has 0 saturated carbocycles. The summed E-state index contributed by atoms with van der Waals surface area (Å²) in [6.07, 6.45) is 4.12. The van der Waals surface area contributed by atoms with Crippen LogP contribution in [0.3, 0.4) is 0 Å². The molecule has 0 spiro atoms. The zero-order valence-electron chi connectivity index (χ0n) is 7.80. The van der Waals surface area contributed by atoms with E-state index >= 15 is 0 Å². The van der Waals surface area contributed by atoms with Gasteiger partial charge in [-0.25, -0.2) is 4.57 Å². The molecule has 1 nitrogen and oxygen atoms in total. The Morgan fingerprint density at radius 2 is 1.79 bits per heavy atom. The molecule has 0 unspecified atom stereocenters. The molecule has 0 radical (unpaired) electrons. The van der Waals surface area contributed by atoms with Crippen molar-refractivity contribution in [3.63, 3.8) is 0 Å². The van der Waals surface area contributed by atoms with Crippen LogP contribution < -0.4 is 4.57 Å². The van der Waals surface area contributed by atoms with Gasteiger partial charge in [-0.2, -0.15) is 0 Å². The van der Waals surface area contributed by atoms with Gasteiger partial charge in [-0.1, -0.05) is 18.2 Å². The first kappa shape index (κ1) is 9.28. The lowest BCUT2D eigenvalue weighted by atomic mass is 10.2. The zero-order chi connectivity index (χ0) is 9.80. The first-order valence-electron chi connectivity index (χ1n) is 4.56. The molecule has 1 aromatic carbocycles. The Labute approximate surface area is 89.4 Å². The molecule has 14 heavy (non-hydrogen) atoms. The molecule has 0 aliphatic heterocycles. The molecule has 0 saturated heterocycles. The van der Waals surface area contributed by atoms with Crippen molar-refractivity contribution < 1.29 is 4.57 Å². The number of aromatic nitrogens is 1. The molecule has 2 aromatic rings. The molecule has 70 valence electrons. The molecule has 0 amide bonds. The van der Waals surface area contributed by atoms with Crippen LogP contribution in [0.25, 0.3) is 0 Å². The second kappa shape index (κ2) is 4.29. The zero-order valence-corrected chi connectivity index (χ0v) is 8.69. The molecule has 0 bridgehead atoms. The van der Waals surface area contributed by atoms with Gasteiger partial charge in [0.15, 0.2) is 18.9 Å². The number of benzene rings is 1. The van der Waals surface area contributed by atoms with Crippen LogP contribution in [0, 0.1) is 0 Å². The number of hydrogen-bond acceptors (Lipinski definition) is 1. The Hall–Kier alpha value is -1.28. The number of rotatable bonds is 2. The third-order valence-corrected chi connectivity index (χ3v) is 2.33. The van der Waals surface area contributed by atoms with E-state index in [0.717, 1.165) is 11.4 Å². The van der Waals surface area contributed by atoms with Gasteiger partial charge in [0, 0.05) is 22.6 Å². The summed E-state index contributed by atoms with van der Waals surface area (Å²) in [7, 11) is 0. The summed E-state index contributed by atoms with van der Waals surface area (Å²) in [5, 5.41) is 0. The molecular weight excluding hydrogens is 190 g/mol. The lowest BCUT2D eigenvalue weighted by Gasteiger charge is -1.98. The average molecular weight is 202 g/mol. The summed E-state index contributed by atoms with van der Waals surface area (Å²) in [5.74, 6) is 0. The number of pyridine rings is 1. The maximum absolute atomic E-state index is 4.31. The van der Waals surface area contributed by atoms with Crippen LogP contribution in [0.15, 0.2) is 59.8 Å². The predicted octanol–water partition coefficient (Wildman–Crippen LogP) is 2.31. The molecule has 0 fully saturated rings. The highest BCUT2D eigenvalue weighted by atomic mass is 32.1. The van der Waals surface area contributed by atoms with Gasteiger partial charge in [0.2, 0.25) is 0 Å². The van der Waals surface area contributed by atoms with Gasteiger partial charge in [-0.15, -0.1) is 12.6 Å². The maximum Gasteiger partial charge on any atom is 0.173 e. The number of nitrogens with zero attached hydrogens (tertiary/aromatic N) is 1. The molecule has 0 aliphatic rings. The summed E-state index contributed by atoms with van der Waals surface area (Å²) >= 11 is 4.31. The van der Waals surface area contributed by atoms with Crippen LogP contribution >= 0.6 is 12.6 Å². The molecule has 2 rings (SSSR count). The largest absolute Gasteiger partial charge is 0.201 e. The fourth-order valence-electron chi connectivity index (χ4n) is 1.41. The van der Waals surface area contributed by atoms with Crippen molar-refractivity contribution in [1.29, 1.82) is 0 Å². The fraction of sp³-hybridized carbons (Fsp3) is 0.0833. The van der Waals surface area contributed by atoms with Gasteiger partial charge in [-0.05, 0) is 12.1 Å². The average Bonchev–Trinajstić information content (AvgIpc) is 2.19. The third-order valence-electron chi connectivity index (χ3n) is 2.05. The highest BCUT2D eigenvalue weighted by Crippen LogP contribution is 2.08. The third kappa shape index (κ3) is 2.36. The molecular formula is C12H12NS+. The Balaban J connectivity index is 2.19. The van der Waals surface area contributed by atoms with Crippen LogP contribution in [0.4, 0.5) is 0 Å².